The second-order valence-electron chi connectivity index (χ2n) is 8.37. The summed E-state index contributed by atoms with van der Waals surface area (Å²) in [6.45, 7) is 0. The quantitative estimate of drug-likeness (QED) is 0.689. The summed E-state index contributed by atoms with van der Waals surface area (Å²) in [6.07, 6.45) is 5.63. The number of para-hydroxylation sites is 1. The molecule has 2 bridgehead atoms. The highest BCUT2D eigenvalue weighted by Crippen LogP contribution is 2.65. The van der Waals surface area contributed by atoms with E-state index in [0.29, 0.717) is 4.08 Å². The Morgan fingerprint density at radius 2 is 1.57 bits per heavy atom. The lowest BCUT2D eigenvalue weighted by atomic mass is 9.79. The molecule has 1 heterocycles. The maximum absolute atomic E-state index is 13.2. The molecule has 1 amide bonds. The van der Waals surface area contributed by atoms with Crippen LogP contribution in [0.3, 0.4) is 0 Å². The molecule has 28 heavy (non-hydrogen) atoms. The Kier molecular flexibility index (Phi) is 5.18. The van der Waals surface area contributed by atoms with Crippen LogP contribution in [0.15, 0.2) is 54.6 Å². The summed E-state index contributed by atoms with van der Waals surface area (Å²) in [4.78, 5) is 13.2. The van der Waals surface area contributed by atoms with E-state index in [9.17, 15) is 4.79 Å². The Morgan fingerprint density at radius 1 is 0.929 bits per heavy atom. The standard InChI is InChI=1S/C24H27NOS2/c26-23(19-15-20-10-11-21(16-19)24(20)27-12-13-28-24)25-22-9-5-4-8-18(22)14-17-6-2-1-3-7-17/h1-9,19-21H,10-16H2,(H,25,26). The van der Waals surface area contributed by atoms with Crippen LogP contribution in [0.2, 0.25) is 0 Å². The van der Waals surface area contributed by atoms with Gasteiger partial charge >= 0.3 is 0 Å². The summed E-state index contributed by atoms with van der Waals surface area (Å²) in [5.74, 6) is 4.44. The molecule has 4 heteroatoms. The highest BCUT2D eigenvalue weighted by atomic mass is 32.2. The lowest BCUT2D eigenvalue weighted by Crippen LogP contribution is -2.41. The fraction of sp³-hybridized carbons (Fsp3) is 0.458. The van der Waals surface area contributed by atoms with Crippen LogP contribution < -0.4 is 5.32 Å². The molecule has 2 saturated carbocycles. The normalized spacial score (nSPS) is 27.8. The summed E-state index contributed by atoms with van der Waals surface area (Å²) in [5, 5.41) is 3.30. The van der Waals surface area contributed by atoms with Crippen molar-refractivity contribution in [1.82, 2.24) is 0 Å². The van der Waals surface area contributed by atoms with Crippen molar-refractivity contribution in [2.24, 2.45) is 17.8 Å². The molecule has 5 rings (SSSR count). The van der Waals surface area contributed by atoms with Gasteiger partial charge in [-0.1, -0.05) is 48.5 Å². The van der Waals surface area contributed by atoms with E-state index in [1.807, 2.05) is 12.1 Å². The highest BCUT2D eigenvalue weighted by Gasteiger charge is 2.57. The fourth-order valence-corrected chi connectivity index (χ4v) is 9.40. The van der Waals surface area contributed by atoms with Crippen molar-refractivity contribution in [3.63, 3.8) is 0 Å². The summed E-state index contributed by atoms with van der Waals surface area (Å²) in [6, 6.07) is 18.8. The third-order valence-corrected chi connectivity index (χ3v) is 10.8. The summed E-state index contributed by atoms with van der Waals surface area (Å²) >= 11 is 4.39. The first-order valence-corrected chi connectivity index (χ1v) is 12.4. The van der Waals surface area contributed by atoms with Gasteiger partial charge in [0.25, 0.3) is 0 Å². The van der Waals surface area contributed by atoms with Gasteiger partial charge in [0.05, 0.1) is 4.08 Å². The highest BCUT2D eigenvalue weighted by molar-refractivity contribution is 8.21. The molecule has 2 unspecified atom stereocenters. The van der Waals surface area contributed by atoms with Gasteiger partial charge < -0.3 is 5.32 Å². The van der Waals surface area contributed by atoms with Crippen molar-refractivity contribution >= 4 is 35.1 Å². The average molecular weight is 410 g/mol. The number of thioether (sulfide) groups is 2. The van der Waals surface area contributed by atoms with Crippen molar-refractivity contribution in [1.29, 1.82) is 0 Å². The first-order valence-electron chi connectivity index (χ1n) is 10.5. The zero-order chi connectivity index (χ0) is 19.0. The van der Waals surface area contributed by atoms with Gasteiger partial charge in [-0.25, -0.2) is 0 Å². The second kappa shape index (κ2) is 7.79. The minimum absolute atomic E-state index is 0.176. The number of benzene rings is 2. The molecule has 1 spiro atoms. The predicted octanol–water partition coefficient (Wildman–Crippen LogP) is 5.83. The summed E-state index contributed by atoms with van der Waals surface area (Å²) in [5.41, 5.74) is 3.45. The van der Waals surface area contributed by atoms with Crippen molar-refractivity contribution in [3.05, 3.63) is 65.7 Å². The predicted molar refractivity (Wildman–Crippen MR) is 121 cm³/mol. The van der Waals surface area contributed by atoms with Gasteiger partial charge in [0, 0.05) is 23.1 Å². The molecule has 0 aromatic heterocycles. The number of carbonyl (C=O) groups excluding carboxylic acids is 1. The van der Waals surface area contributed by atoms with Gasteiger partial charge in [-0.2, -0.15) is 0 Å². The molecular formula is C24H27NOS2. The topological polar surface area (TPSA) is 29.1 Å². The molecule has 2 atom stereocenters. The van der Waals surface area contributed by atoms with Crippen LogP contribution in [0.25, 0.3) is 0 Å². The van der Waals surface area contributed by atoms with E-state index in [4.69, 9.17) is 0 Å². The Labute approximate surface area is 176 Å². The van der Waals surface area contributed by atoms with E-state index >= 15 is 0 Å². The molecule has 1 aliphatic heterocycles. The number of rotatable bonds is 4. The molecule has 3 fully saturated rings. The van der Waals surface area contributed by atoms with Gasteiger partial charge in [-0.15, -0.1) is 23.5 Å². The lowest BCUT2D eigenvalue weighted by Gasteiger charge is -2.42. The van der Waals surface area contributed by atoms with E-state index in [0.717, 1.165) is 36.8 Å². The number of carbonyl (C=O) groups is 1. The largest absolute Gasteiger partial charge is 0.326 e. The van der Waals surface area contributed by atoms with Crippen molar-refractivity contribution in [2.75, 3.05) is 16.8 Å². The van der Waals surface area contributed by atoms with Gasteiger partial charge in [0.1, 0.15) is 0 Å². The first-order chi connectivity index (χ1) is 13.7. The zero-order valence-corrected chi connectivity index (χ0v) is 17.7. The van der Waals surface area contributed by atoms with Crippen LogP contribution >= 0.6 is 23.5 Å². The Hall–Kier alpha value is -1.39. The molecule has 1 saturated heterocycles. The Balaban J connectivity index is 1.29. The van der Waals surface area contributed by atoms with E-state index in [2.05, 4.69) is 71.3 Å². The molecule has 2 aromatic carbocycles. The van der Waals surface area contributed by atoms with Crippen LogP contribution in [-0.4, -0.2) is 21.5 Å². The van der Waals surface area contributed by atoms with Gasteiger partial charge in [-0.3, -0.25) is 4.79 Å². The summed E-state index contributed by atoms with van der Waals surface area (Å²) in [7, 11) is 0. The van der Waals surface area contributed by atoms with Crippen LogP contribution in [-0.2, 0) is 11.2 Å². The maximum Gasteiger partial charge on any atom is 0.227 e. The molecule has 2 nitrogen and oxygen atoms in total. The van der Waals surface area contributed by atoms with Crippen LogP contribution in [0.4, 0.5) is 5.69 Å². The van der Waals surface area contributed by atoms with Crippen molar-refractivity contribution < 1.29 is 4.79 Å². The SMILES string of the molecule is O=C(Nc1ccccc1Cc1ccccc1)C1CC2CCC(C1)C21SCCS1. The molecule has 1 N–H and O–H groups in total. The molecular weight excluding hydrogens is 382 g/mol. The smallest absolute Gasteiger partial charge is 0.227 e. The second-order valence-corrected chi connectivity index (χ2v) is 11.4. The molecule has 2 aliphatic carbocycles. The Bertz CT molecular complexity index is 831. The van der Waals surface area contributed by atoms with E-state index in [-0.39, 0.29) is 11.8 Å². The van der Waals surface area contributed by atoms with Gasteiger partial charge in [0.2, 0.25) is 5.91 Å². The molecule has 2 aromatic rings. The van der Waals surface area contributed by atoms with Gasteiger partial charge in [0.15, 0.2) is 0 Å². The number of hydrogen-bond acceptors (Lipinski definition) is 3. The summed E-state index contributed by atoms with van der Waals surface area (Å²) < 4.78 is 0.446. The van der Waals surface area contributed by atoms with Crippen LogP contribution in [0.5, 0.6) is 0 Å². The first kappa shape index (κ1) is 18.6. The van der Waals surface area contributed by atoms with Gasteiger partial charge in [-0.05, 0) is 61.1 Å². The van der Waals surface area contributed by atoms with Crippen molar-refractivity contribution in [2.45, 2.75) is 36.2 Å². The molecule has 0 radical (unpaired) electrons. The third-order valence-electron chi connectivity index (χ3n) is 6.76. The number of anilines is 1. The maximum atomic E-state index is 13.2. The third kappa shape index (κ3) is 3.39. The van der Waals surface area contributed by atoms with E-state index in [1.54, 1.807) is 0 Å². The van der Waals surface area contributed by atoms with Crippen LogP contribution in [0.1, 0.15) is 36.8 Å². The number of nitrogens with one attached hydrogen (secondary N) is 1. The zero-order valence-electron chi connectivity index (χ0n) is 16.1. The van der Waals surface area contributed by atoms with E-state index < -0.39 is 0 Å². The van der Waals surface area contributed by atoms with Crippen molar-refractivity contribution in [3.8, 4) is 0 Å². The Morgan fingerprint density at radius 3 is 2.29 bits per heavy atom. The molecule has 3 aliphatic rings. The number of amides is 1. The molecule has 146 valence electrons. The van der Waals surface area contributed by atoms with Crippen LogP contribution in [0, 0.1) is 17.8 Å². The monoisotopic (exact) mass is 409 g/mol. The minimum Gasteiger partial charge on any atom is -0.326 e. The lowest BCUT2D eigenvalue weighted by molar-refractivity contribution is -0.121. The minimum atomic E-state index is 0.176. The number of hydrogen-bond donors (Lipinski definition) is 1. The van der Waals surface area contributed by atoms with E-state index in [1.165, 1.54) is 35.5 Å². The fourth-order valence-electron chi connectivity index (χ4n) is 5.46. The average Bonchev–Trinajstić information content (AvgIpc) is 3.25.